The van der Waals surface area contributed by atoms with E-state index >= 15 is 0 Å². The zero-order valence-electron chi connectivity index (χ0n) is 15.0. The number of nitrogens with zero attached hydrogens (tertiary/aromatic N) is 2. The Morgan fingerprint density at radius 2 is 1.74 bits per heavy atom. The van der Waals surface area contributed by atoms with Crippen LogP contribution in [0.2, 0.25) is 0 Å². The molecule has 6 heteroatoms. The average Bonchev–Trinajstić information content (AvgIpc) is 2.66. The number of piperazine rings is 1. The van der Waals surface area contributed by atoms with Gasteiger partial charge in [0.15, 0.2) is 5.78 Å². The summed E-state index contributed by atoms with van der Waals surface area (Å²) in [5.41, 5.74) is 1.39. The van der Waals surface area contributed by atoms with Crippen LogP contribution in [0.3, 0.4) is 0 Å². The van der Waals surface area contributed by atoms with E-state index in [0.717, 1.165) is 0 Å². The highest BCUT2D eigenvalue weighted by atomic mass is 19.1. The van der Waals surface area contributed by atoms with Crippen molar-refractivity contribution in [2.45, 2.75) is 6.92 Å². The molecule has 140 valence electrons. The summed E-state index contributed by atoms with van der Waals surface area (Å²) in [5, 5.41) is 0. The van der Waals surface area contributed by atoms with Gasteiger partial charge in [-0.25, -0.2) is 8.78 Å². The number of anilines is 1. The monoisotopic (exact) mass is 370 g/mol. The number of amides is 1. The SMILES string of the molecule is CC(=O)c1ccc(N2CCN(C(=O)/C=C/c3cccc(F)c3)CC2)c(F)c1. The Morgan fingerprint density at radius 3 is 2.37 bits per heavy atom. The third-order valence-corrected chi connectivity index (χ3v) is 4.55. The van der Waals surface area contributed by atoms with Gasteiger partial charge in [0.2, 0.25) is 5.91 Å². The largest absolute Gasteiger partial charge is 0.366 e. The van der Waals surface area contributed by atoms with Crippen molar-refractivity contribution in [3.05, 3.63) is 71.3 Å². The summed E-state index contributed by atoms with van der Waals surface area (Å²) in [6.45, 7) is 3.31. The first-order valence-corrected chi connectivity index (χ1v) is 8.72. The summed E-state index contributed by atoms with van der Waals surface area (Å²) in [4.78, 5) is 27.2. The van der Waals surface area contributed by atoms with E-state index in [-0.39, 0.29) is 17.5 Å². The molecule has 2 aromatic rings. The third-order valence-electron chi connectivity index (χ3n) is 4.55. The van der Waals surface area contributed by atoms with E-state index in [4.69, 9.17) is 0 Å². The Morgan fingerprint density at radius 1 is 1.00 bits per heavy atom. The number of carbonyl (C=O) groups is 2. The number of rotatable bonds is 4. The van der Waals surface area contributed by atoms with Crippen LogP contribution in [0.1, 0.15) is 22.8 Å². The lowest BCUT2D eigenvalue weighted by molar-refractivity contribution is -0.126. The Bertz CT molecular complexity index is 888. The van der Waals surface area contributed by atoms with E-state index in [1.807, 2.05) is 4.90 Å². The molecule has 0 radical (unpaired) electrons. The molecule has 0 aromatic heterocycles. The first-order valence-electron chi connectivity index (χ1n) is 8.72. The normalized spacial score (nSPS) is 14.6. The highest BCUT2D eigenvalue weighted by Gasteiger charge is 2.22. The van der Waals surface area contributed by atoms with Crippen molar-refractivity contribution in [1.82, 2.24) is 4.90 Å². The lowest BCUT2D eigenvalue weighted by atomic mass is 10.1. The summed E-state index contributed by atoms with van der Waals surface area (Å²) in [7, 11) is 0. The van der Waals surface area contributed by atoms with E-state index in [2.05, 4.69) is 0 Å². The number of ketones is 1. The summed E-state index contributed by atoms with van der Waals surface area (Å²) in [5.74, 6) is -1.13. The van der Waals surface area contributed by atoms with Gasteiger partial charge in [0.05, 0.1) is 5.69 Å². The molecule has 1 aliphatic rings. The molecule has 1 aliphatic heterocycles. The van der Waals surface area contributed by atoms with Gasteiger partial charge in [0, 0.05) is 37.8 Å². The average molecular weight is 370 g/mol. The standard InChI is InChI=1S/C21H20F2N2O2/c1-15(26)17-6-7-20(19(23)14-17)24-9-11-25(12-10-24)21(27)8-5-16-3-2-4-18(22)13-16/h2-8,13-14H,9-12H2,1H3/b8-5+. The highest BCUT2D eigenvalue weighted by molar-refractivity contribution is 5.94. The van der Waals surface area contributed by atoms with Gasteiger partial charge in [-0.1, -0.05) is 12.1 Å². The topological polar surface area (TPSA) is 40.6 Å². The number of hydrogen-bond acceptors (Lipinski definition) is 3. The van der Waals surface area contributed by atoms with Crippen LogP contribution in [0, 0.1) is 11.6 Å². The van der Waals surface area contributed by atoms with Crippen LogP contribution in [-0.4, -0.2) is 42.8 Å². The van der Waals surface area contributed by atoms with Gasteiger partial charge in [0.25, 0.3) is 0 Å². The summed E-state index contributed by atoms with van der Waals surface area (Å²) >= 11 is 0. The zero-order chi connectivity index (χ0) is 19.4. The fourth-order valence-electron chi connectivity index (χ4n) is 3.03. The molecule has 1 amide bonds. The van der Waals surface area contributed by atoms with Gasteiger partial charge in [-0.2, -0.15) is 0 Å². The minimum absolute atomic E-state index is 0.161. The second-order valence-electron chi connectivity index (χ2n) is 6.42. The van der Waals surface area contributed by atoms with Crippen LogP contribution in [0.25, 0.3) is 6.08 Å². The number of benzene rings is 2. The van der Waals surface area contributed by atoms with Crippen molar-refractivity contribution in [1.29, 1.82) is 0 Å². The molecule has 1 fully saturated rings. The van der Waals surface area contributed by atoms with Crippen LogP contribution in [0.4, 0.5) is 14.5 Å². The lowest BCUT2D eigenvalue weighted by Gasteiger charge is -2.35. The lowest BCUT2D eigenvalue weighted by Crippen LogP contribution is -2.48. The molecular formula is C21H20F2N2O2. The van der Waals surface area contributed by atoms with Crippen molar-refractivity contribution in [2.75, 3.05) is 31.1 Å². The maximum atomic E-state index is 14.3. The van der Waals surface area contributed by atoms with Gasteiger partial charge in [-0.05, 0) is 48.9 Å². The van der Waals surface area contributed by atoms with E-state index < -0.39 is 5.82 Å². The molecule has 0 aliphatic carbocycles. The molecule has 1 saturated heterocycles. The molecule has 0 unspecified atom stereocenters. The molecule has 4 nitrogen and oxygen atoms in total. The quantitative estimate of drug-likeness (QED) is 0.611. The summed E-state index contributed by atoms with van der Waals surface area (Å²) in [6.07, 6.45) is 3.00. The molecule has 2 aromatic carbocycles. The van der Waals surface area contributed by atoms with Crippen LogP contribution in [0.5, 0.6) is 0 Å². The fraction of sp³-hybridized carbons (Fsp3) is 0.238. The maximum Gasteiger partial charge on any atom is 0.246 e. The predicted octanol–water partition coefficient (Wildman–Crippen LogP) is 3.53. The molecule has 0 saturated carbocycles. The van der Waals surface area contributed by atoms with E-state index in [0.29, 0.717) is 43.0 Å². The van der Waals surface area contributed by atoms with Crippen molar-refractivity contribution in [2.24, 2.45) is 0 Å². The second kappa shape index (κ2) is 8.12. The minimum Gasteiger partial charge on any atom is -0.366 e. The van der Waals surface area contributed by atoms with Gasteiger partial charge < -0.3 is 9.80 Å². The van der Waals surface area contributed by atoms with Crippen molar-refractivity contribution >= 4 is 23.5 Å². The summed E-state index contributed by atoms with van der Waals surface area (Å²) in [6, 6.07) is 10.5. The Labute approximate surface area is 156 Å². The second-order valence-corrected chi connectivity index (χ2v) is 6.42. The molecule has 3 rings (SSSR count). The van der Waals surface area contributed by atoms with E-state index in [1.54, 1.807) is 35.2 Å². The molecule has 0 atom stereocenters. The highest BCUT2D eigenvalue weighted by Crippen LogP contribution is 2.22. The smallest absolute Gasteiger partial charge is 0.246 e. The molecule has 0 spiro atoms. The predicted molar refractivity (Wildman–Crippen MR) is 101 cm³/mol. The van der Waals surface area contributed by atoms with Crippen LogP contribution in [0.15, 0.2) is 48.5 Å². The van der Waals surface area contributed by atoms with E-state index in [1.165, 1.54) is 31.2 Å². The van der Waals surface area contributed by atoms with Crippen LogP contribution < -0.4 is 4.90 Å². The number of halogens is 2. The van der Waals surface area contributed by atoms with Gasteiger partial charge in [0.1, 0.15) is 11.6 Å². The van der Waals surface area contributed by atoms with Crippen molar-refractivity contribution < 1.29 is 18.4 Å². The molecule has 27 heavy (non-hydrogen) atoms. The molecular weight excluding hydrogens is 350 g/mol. The Kier molecular flexibility index (Phi) is 5.64. The molecule has 0 bridgehead atoms. The first kappa shape index (κ1) is 18.8. The zero-order valence-corrected chi connectivity index (χ0v) is 15.0. The van der Waals surface area contributed by atoms with Crippen LogP contribution in [-0.2, 0) is 4.79 Å². The van der Waals surface area contributed by atoms with Crippen LogP contribution >= 0.6 is 0 Å². The van der Waals surface area contributed by atoms with Crippen molar-refractivity contribution in [3.8, 4) is 0 Å². The van der Waals surface area contributed by atoms with E-state index in [9.17, 15) is 18.4 Å². The first-order chi connectivity index (χ1) is 12.9. The minimum atomic E-state index is -0.437. The third kappa shape index (κ3) is 4.58. The number of carbonyl (C=O) groups excluding carboxylic acids is 2. The molecule has 0 N–H and O–H groups in total. The Balaban J connectivity index is 1.60. The van der Waals surface area contributed by atoms with Gasteiger partial charge in [-0.15, -0.1) is 0 Å². The Hall–Kier alpha value is -3.02. The number of Topliss-reactive ketones (excluding diaryl/α,β-unsaturated/α-hetero) is 1. The maximum absolute atomic E-state index is 14.3. The van der Waals surface area contributed by atoms with Gasteiger partial charge >= 0.3 is 0 Å². The van der Waals surface area contributed by atoms with Crippen molar-refractivity contribution in [3.63, 3.8) is 0 Å². The molecule has 1 heterocycles. The number of hydrogen-bond donors (Lipinski definition) is 0. The summed E-state index contributed by atoms with van der Waals surface area (Å²) < 4.78 is 27.4. The van der Waals surface area contributed by atoms with Gasteiger partial charge in [-0.3, -0.25) is 9.59 Å². The fourth-order valence-corrected chi connectivity index (χ4v) is 3.03.